The van der Waals surface area contributed by atoms with Crippen molar-refractivity contribution in [3.05, 3.63) is 34.9 Å². The highest BCUT2D eigenvalue weighted by Gasteiger charge is 2.34. The average molecular weight is 260 g/mol. The van der Waals surface area contributed by atoms with Crippen LogP contribution in [0.15, 0.2) is 24.3 Å². The number of hydrogen-bond donors (Lipinski definition) is 0. The summed E-state index contributed by atoms with van der Waals surface area (Å²) in [4.78, 5) is 12.6. The van der Waals surface area contributed by atoms with E-state index in [4.69, 9.17) is 11.6 Å². The van der Waals surface area contributed by atoms with Crippen LogP contribution in [0.3, 0.4) is 0 Å². The van der Waals surface area contributed by atoms with Crippen LogP contribution in [0, 0.1) is 0 Å². The molecule has 0 saturated carbocycles. The van der Waals surface area contributed by atoms with Gasteiger partial charge in [-0.2, -0.15) is 8.78 Å². The van der Waals surface area contributed by atoms with Crippen LogP contribution in [0.4, 0.5) is 8.78 Å². The molecule has 0 aromatic heterocycles. The zero-order valence-electron chi connectivity index (χ0n) is 9.07. The number of alkyl halides is 2. The third-order valence-corrected chi connectivity index (χ3v) is 3.19. The molecular weight excluding hydrogens is 248 g/mol. The molecule has 0 radical (unpaired) electrons. The zero-order chi connectivity index (χ0) is 12.4. The SMILES string of the molecule is O=C(C(F)F)N1CCCC1c1cccc(Cl)c1. The molecule has 1 heterocycles. The second-order valence-corrected chi connectivity index (χ2v) is 4.48. The van der Waals surface area contributed by atoms with Gasteiger partial charge in [0.05, 0.1) is 6.04 Å². The van der Waals surface area contributed by atoms with Gasteiger partial charge in [0.15, 0.2) is 0 Å². The molecule has 0 aliphatic carbocycles. The lowest BCUT2D eigenvalue weighted by Crippen LogP contribution is -2.35. The molecule has 2 nitrogen and oxygen atoms in total. The van der Waals surface area contributed by atoms with E-state index in [2.05, 4.69) is 0 Å². The fourth-order valence-corrected chi connectivity index (χ4v) is 2.41. The molecule has 1 fully saturated rings. The van der Waals surface area contributed by atoms with Crippen LogP contribution in [0.1, 0.15) is 24.4 Å². The van der Waals surface area contributed by atoms with Crippen molar-refractivity contribution in [1.82, 2.24) is 4.90 Å². The molecular formula is C12H12ClF2NO. The first kappa shape index (κ1) is 12.3. The van der Waals surface area contributed by atoms with Crippen LogP contribution in [0.25, 0.3) is 0 Å². The Morgan fingerprint density at radius 1 is 1.47 bits per heavy atom. The Labute approximate surface area is 103 Å². The van der Waals surface area contributed by atoms with Crippen LogP contribution in [0.2, 0.25) is 5.02 Å². The van der Waals surface area contributed by atoms with Gasteiger partial charge in [-0.3, -0.25) is 4.79 Å². The van der Waals surface area contributed by atoms with E-state index in [-0.39, 0.29) is 6.04 Å². The van der Waals surface area contributed by atoms with E-state index in [1.54, 1.807) is 18.2 Å². The summed E-state index contributed by atoms with van der Waals surface area (Å²) in [6.45, 7) is 0.389. The summed E-state index contributed by atoms with van der Waals surface area (Å²) in [6, 6.07) is 6.76. The van der Waals surface area contributed by atoms with Crippen molar-refractivity contribution in [2.24, 2.45) is 0 Å². The molecule has 1 aromatic rings. The summed E-state index contributed by atoms with van der Waals surface area (Å²) in [5, 5.41) is 0.554. The topological polar surface area (TPSA) is 20.3 Å². The summed E-state index contributed by atoms with van der Waals surface area (Å²) in [5.74, 6) is -1.09. The van der Waals surface area contributed by atoms with Crippen LogP contribution in [-0.2, 0) is 4.79 Å². The van der Waals surface area contributed by atoms with Crippen molar-refractivity contribution in [3.8, 4) is 0 Å². The lowest BCUT2D eigenvalue weighted by molar-refractivity contribution is -0.143. The van der Waals surface area contributed by atoms with Crippen molar-refractivity contribution in [3.63, 3.8) is 0 Å². The van der Waals surface area contributed by atoms with Crippen LogP contribution >= 0.6 is 11.6 Å². The highest BCUT2D eigenvalue weighted by Crippen LogP contribution is 2.33. The third-order valence-electron chi connectivity index (χ3n) is 2.96. The van der Waals surface area contributed by atoms with E-state index in [1.165, 1.54) is 4.90 Å². The molecule has 17 heavy (non-hydrogen) atoms. The molecule has 1 amide bonds. The van der Waals surface area contributed by atoms with E-state index in [0.717, 1.165) is 12.0 Å². The molecule has 0 bridgehead atoms. The summed E-state index contributed by atoms with van der Waals surface area (Å²) >= 11 is 5.86. The van der Waals surface area contributed by atoms with Gasteiger partial charge < -0.3 is 4.90 Å². The van der Waals surface area contributed by atoms with E-state index in [9.17, 15) is 13.6 Å². The Kier molecular flexibility index (Phi) is 3.62. The van der Waals surface area contributed by atoms with E-state index in [0.29, 0.717) is 18.0 Å². The van der Waals surface area contributed by atoms with Gasteiger partial charge in [-0.1, -0.05) is 23.7 Å². The van der Waals surface area contributed by atoms with Crippen LogP contribution in [0.5, 0.6) is 0 Å². The summed E-state index contributed by atoms with van der Waals surface area (Å²) < 4.78 is 24.9. The number of rotatable bonds is 2. The lowest BCUT2D eigenvalue weighted by Gasteiger charge is -2.24. The minimum Gasteiger partial charge on any atom is -0.331 e. The van der Waals surface area contributed by atoms with Crippen molar-refractivity contribution in [1.29, 1.82) is 0 Å². The monoisotopic (exact) mass is 259 g/mol. The summed E-state index contributed by atoms with van der Waals surface area (Å²) in [6.07, 6.45) is -1.48. The van der Waals surface area contributed by atoms with Crippen LogP contribution in [-0.4, -0.2) is 23.8 Å². The molecule has 92 valence electrons. The highest BCUT2D eigenvalue weighted by atomic mass is 35.5. The van der Waals surface area contributed by atoms with Gasteiger partial charge in [-0.05, 0) is 30.5 Å². The number of likely N-dealkylation sites (tertiary alicyclic amines) is 1. The fourth-order valence-electron chi connectivity index (χ4n) is 2.22. The van der Waals surface area contributed by atoms with Gasteiger partial charge in [-0.25, -0.2) is 0 Å². The second kappa shape index (κ2) is 5.00. The van der Waals surface area contributed by atoms with Gasteiger partial charge in [-0.15, -0.1) is 0 Å². The number of carbonyl (C=O) groups excluding carboxylic acids is 1. The van der Waals surface area contributed by atoms with E-state index in [1.807, 2.05) is 6.07 Å². The molecule has 0 N–H and O–H groups in total. The van der Waals surface area contributed by atoms with Crippen molar-refractivity contribution < 1.29 is 13.6 Å². The normalized spacial score (nSPS) is 20.0. The van der Waals surface area contributed by atoms with Gasteiger partial charge in [0.2, 0.25) is 0 Å². The maximum Gasteiger partial charge on any atom is 0.315 e. The molecule has 5 heteroatoms. The molecule has 1 aliphatic rings. The van der Waals surface area contributed by atoms with Gasteiger partial charge >= 0.3 is 6.43 Å². The number of amides is 1. The summed E-state index contributed by atoms with van der Waals surface area (Å²) in [5.41, 5.74) is 0.823. The van der Waals surface area contributed by atoms with Crippen molar-refractivity contribution in [2.45, 2.75) is 25.3 Å². The number of benzene rings is 1. The molecule has 1 atom stereocenters. The standard InChI is InChI=1S/C12H12ClF2NO/c13-9-4-1-3-8(7-9)10-5-2-6-16(10)12(17)11(14)15/h1,3-4,7,10-11H,2,5-6H2. The van der Waals surface area contributed by atoms with Crippen molar-refractivity contribution >= 4 is 17.5 Å². The number of halogens is 3. The first-order valence-electron chi connectivity index (χ1n) is 5.43. The Morgan fingerprint density at radius 3 is 2.88 bits per heavy atom. The smallest absolute Gasteiger partial charge is 0.315 e. The third kappa shape index (κ3) is 2.57. The molecule has 1 aliphatic heterocycles. The fraction of sp³-hybridized carbons (Fsp3) is 0.417. The zero-order valence-corrected chi connectivity index (χ0v) is 9.83. The largest absolute Gasteiger partial charge is 0.331 e. The predicted molar refractivity (Wildman–Crippen MR) is 61.1 cm³/mol. The van der Waals surface area contributed by atoms with E-state index < -0.39 is 12.3 Å². The molecule has 1 saturated heterocycles. The predicted octanol–water partition coefficient (Wildman–Crippen LogP) is 3.27. The Hall–Kier alpha value is -1.16. The van der Waals surface area contributed by atoms with Crippen LogP contribution < -0.4 is 0 Å². The van der Waals surface area contributed by atoms with Crippen molar-refractivity contribution in [2.75, 3.05) is 6.54 Å². The molecule has 2 rings (SSSR count). The Morgan fingerprint density at radius 2 is 2.24 bits per heavy atom. The Balaban J connectivity index is 2.23. The minimum absolute atomic E-state index is 0.268. The van der Waals surface area contributed by atoms with Gasteiger partial charge in [0, 0.05) is 11.6 Å². The second-order valence-electron chi connectivity index (χ2n) is 4.05. The maximum atomic E-state index is 12.4. The quantitative estimate of drug-likeness (QED) is 0.798. The summed E-state index contributed by atoms with van der Waals surface area (Å²) in [7, 11) is 0. The van der Waals surface area contributed by atoms with Gasteiger partial charge in [0.25, 0.3) is 5.91 Å². The first-order chi connectivity index (χ1) is 8.09. The maximum absolute atomic E-state index is 12.4. The first-order valence-corrected chi connectivity index (χ1v) is 5.81. The molecule has 0 spiro atoms. The number of hydrogen-bond acceptors (Lipinski definition) is 1. The Bertz CT molecular complexity index is 425. The van der Waals surface area contributed by atoms with E-state index >= 15 is 0 Å². The average Bonchev–Trinajstić information content (AvgIpc) is 2.76. The highest BCUT2D eigenvalue weighted by molar-refractivity contribution is 6.30. The van der Waals surface area contributed by atoms with Gasteiger partial charge in [0.1, 0.15) is 0 Å². The minimum atomic E-state index is -2.94. The number of carbonyl (C=O) groups is 1. The lowest BCUT2D eigenvalue weighted by atomic mass is 10.0. The number of nitrogens with zero attached hydrogens (tertiary/aromatic N) is 1. The molecule has 1 aromatic carbocycles. The molecule has 1 unspecified atom stereocenters.